The summed E-state index contributed by atoms with van der Waals surface area (Å²) in [6.45, 7) is 0.501. The van der Waals surface area contributed by atoms with Gasteiger partial charge in [0.15, 0.2) is 0 Å². The second-order valence-corrected chi connectivity index (χ2v) is 7.51. The minimum absolute atomic E-state index is 0.0237. The number of hydrogen-bond acceptors (Lipinski definition) is 4. The third-order valence-corrected chi connectivity index (χ3v) is 5.36. The Labute approximate surface area is 144 Å². The van der Waals surface area contributed by atoms with Crippen LogP contribution in [0.3, 0.4) is 0 Å². The first-order chi connectivity index (χ1) is 11.9. The Morgan fingerprint density at radius 2 is 2.08 bits per heavy atom. The molecule has 2 aliphatic heterocycles. The molecule has 2 saturated heterocycles. The predicted octanol–water partition coefficient (Wildman–Crippen LogP) is 1.59. The van der Waals surface area contributed by atoms with Crippen molar-refractivity contribution in [1.29, 1.82) is 0 Å². The molecule has 1 unspecified atom stereocenters. The monoisotopic (exact) mass is 350 g/mol. The number of hydrogen-bond donors (Lipinski definition) is 0. The number of halogens is 2. The number of aromatic nitrogens is 2. The molecule has 8 heteroatoms. The maximum absolute atomic E-state index is 14.4. The van der Waals surface area contributed by atoms with Gasteiger partial charge in [-0.3, -0.25) is 14.6 Å². The van der Waals surface area contributed by atoms with Crippen LogP contribution in [0.4, 0.5) is 8.78 Å². The summed E-state index contributed by atoms with van der Waals surface area (Å²) in [6.07, 6.45) is 6.12. The van der Waals surface area contributed by atoms with Gasteiger partial charge in [-0.2, -0.15) is 0 Å². The molecule has 1 atom stereocenters. The summed E-state index contributed by atoms with van der Waals surface area (Å²) < 4.78 is 28.8. The van der Waals surface area contributed by atoms with E-state index in [1.165, 1.54) is 18.6 Å². The molecule has 1 spiro atoms. The SMILES string of the molecule is O=C(c1cnccn1)N1CC(F)(F)CC2(CCN(CC3CC3)C2=O)C1. The first kappa shape index (κ1) is 16.4. The molecule has 1 aliphatic carbocycles. The van der Waals surface area contributed by atoms with Crippen LogP contribution in [0.5, 0.6) is 0 Å². The molecule has 6 nitrogen and oxygen atoms in total. The second kappa shape index (κ2) is 5.71. The van der Waals surface area contributed by atoms with Crippen LogP contribution in [0.2, 0.25) is 0 Å². The maximum atomic E-state index is 14.4. The van der Waals surface area contributed by atoms with E-state index in [-0.39, 0.29) is 18.1 Å². The lowest BCUT2D eigenvalue weighted by Gasteiger charge is -2.42. The van der Waals surface area contributed by atoms with Crippen LogP contribution in [0, 0.1) is 11.3 Å². The molecule has 0 N–H and O–H groups in total. The van der Waals surface area contributed by atoms with E-state index in [9.17, 15) is 18.4 Å². The van der Waals surface area contributed by atoms with Crippen LogP contribution >= 0.6 is 0 Å². The van der Waals surface area contributed by atoms with Crippen molar-refractivity contribution in [3.63, 3.8) is 0 Å². The number of carbonyl (C=O) groups is 2. The third-order valence-electron chi connectivity index (χ3n) is 5.36. The van der Waals surface area contributed by atoms with Gasteiger partial charge in [0.25, 0.3) is 11.8 Å². The summed E-state index contributed by atoms with van der Waals surface area (Å²) in [5.74, 6) is -3.39. The number of carbonyl (C=O) groups excluding carboxylic acids is 2. The van der Waals surface area contributed by atoms with E-state index in [2.05, 4.69) is 9.97 Å². The first-order valence-electron chi connectivity index (χ1n) is 8.61. The topological polar surface area (TPSA) is 66.4 Å². The summed E-state index contributed by atoms with van der Waals surface area (Å²) in [6, 6.07) is 0. The molecule has 134 valence electrons. The Bertz CT molecular complexity index is 695. The van der Waals surface area contributed by atoms with Crippen LogP contribution in [0.25, 0.3) is 0 Å². The van der Waals surface area contributed by atoms with E-state index in [1.54, 1.807) is 4.90 Å². The van der Waals surface area contributed by atoms with Gasteiger partial charge in [0.2, 0.25) is 5.91 Å². The number of likely N-dealkylation sites (tertiary alicyclic amines) is 2. The molecule has 25 heavy (non-hydrogen) atoms. The molecule has 0 radical (unpaired) electrons. The van der Waals surface area contributed by atoms with Crippen LogP contribution in [-0.4, -0.2) is 63.7 Å². The van der Waals surface area contributed by atoms with Crippen LogP contribution in [0.15, 0.2) is 18.6 Å². The maximum Gasteiger partial charge on any atom is 0.274 e. The van der Waals surface area contributed by atoms with Crippen LogP contribution in [-0.2, 0) is 4.79 Å². The number of amides is 2. The van der Waals surface area contributed by atoms with Crippen LogP contribution in [0.1, 0.15) is 36.2 Å². The molecule has 0 aromatic carbocycles. The van der Waals surface area contributed by atoms with Crippen molar-refractivity contribution in [2.24, 2.45) is 11.3 Å². The summed E-state index contributed by atoms with van der Waals surface area (Å²) in [4.78, 5) is 35.9. The Morgan fingerprint density at radius 1 is 1.28 bits per heavy atom. The standard InChI is InChI=1S/C17H20F2N4O2/c18-17(19)9-16(3-6-22(15(16)25)8-12-1-2-12)10-23(11-17)14(24)13-7-20-4-5-21-13/h4-5,7,12H,1-3,6,8-11H2. The molecule has 3 fully saturated rings. The molecule has 0 bridgehead atoms. The number of piperidine rings is 1. The normalized spacial score (nSPS) is 28.6. The Morgan fingerprint density at radius 3 is 2.76 bits per heavy atom. The number of rotatable bonds is 3. The zero-order chi connectivity index (χ0) is 17.7. The van der Waals surface area contributed by atoms with Gasteiger partial charge in [-0.1, -0.05) is 0 Å². The van der Waals surface area contributed by atoms with E-state index in [1.807, 2.05) is 0 Å². The fraction of sp³-hybridized carbons (Fsp3) is 0.647. The van der Waals surface area contributed by atoms with Gasteiger partial charge in [-0.05, 0) is 25.2 Å². The molecule has 4 rings (SSSR count). The molecule has 3 aliphatic rings. The van der Waals surface area contributed by atoms with Crippen molar-refractivity contribution < 1.29 is 18.4 Å². The lowest BCUT2D eigenvalue weighted by Crippen LogP contribution is -2.57. The Balaban J connectivity index is 1.57. The number of nitrogens with zero attached hydrogens (tertiary/aromatic N) is 4. The van der Waals surface area contributed by atoms with Crippen molar-refractivity contribution in [3.8, 4) is 0 Å². The van der Waals surface area contributed by atoms with E-state index in [0.29, 0.717) is 25.4 Å². The van der Waals surface area contributed by atoms with Gasteiger partial charge >= 0.3 is 0 Å². The van der Waals surface area contributed by atoms with E-state index >= 15 is 0 Å². The largest absolute Gasteiger partial charge is 0.342 e. The third kappa shape index (κ3) is 3.09. The highest BCUT2D eigenvalue weighted by Crippen LogP contribution is 2.46. The van der Waals surface area contributed by atoms with Crippen molar-refractivity contribution >= 4 is 11.8 Å². The fourth-order valence-electron chi connectivity index (χ4n) is 4.01. The summed E-state index contributed by atoms with van der Waals surface area (Å²) in [5, 5.41) is 0. The lowest BCUT2D eigenvalue weighted by atomic mass is 9.77. The molecular weight excluding hydrogens is 330 g/mol. The molecule has 2 amide bonds. The highest BCUT2D eigenvalue weighted by Gasteiger charge is 2.58. The zero-order valence-corrected chi connectivity index (χ0v) is 13.8. The van der Waals surface area contributed by atoms with E-state index in [0.717, 1.165) is 17.7 Å². The minimum Gasteiger partial charge on any atom is -0.342 e. The second-order valence-electron chi connectivity index (χ2n) is 7.51. The highest BCUT2D eigenvalue weighted by molar-refractivity contribution is 5.93. The summed E-state index contributed by atoms with van der Waals surface area (Å²) >= 11 is 0. The van der Waals surface area contributed by atoms with Gasteiger partial charge in [-0.25, -0.2) is 13.8 Å². The highest BCUT2D eigenvalue weighted by atomic mass is 19.3. The molecule has 1 saturated carbocycles. The van der Waals surface area contributed by atoms with Gasteiger partial charge in [0, 0.05) is 38.4 Å². The van der Waals surface area contributed by atoms with Crippen molar-refractivity contribution in [2.45, 2.75) is 31.6 Å². The average Bonchev–Trinajstić information content (AvgIpc) is 3.36. The lowest BCUT2D eigenvalue weighted by molar-refractivity contribution is -0.151. The van der Waals surface area contributed by atoms with Gasteiger partial charge in [-0.15, -0.1) is 0 Å². The number of alkyl halides is 2. The van der Waals surface area contributed by atoms with E-state index in [4.69, 9.17) is 0 Å². The van der Waals surface area contributed by atoms with Gasteiger partial charge in [0.1, 0.15) is 5.69 Å². The smallest absolute Gasteiger partial charge is 0.274 e. The quantitative estimate of drug-likeness (QED) is 0.830. The van der Waals surface area contributed by atoms with Crippen molar-refractivity contribution in [3.05, 3.63) is 24.3 Å². The zero-order valence-electron chi connectivity index (χ0n) is 13.8. The molecule has 1 aromatic rings. The molecule has 1 aromatic heterocycles. The van der Waals surface area contributed by atoms with Gasteiger partial charge < -0.3 is 9.80 Å². The van der Waals surface area contributed by atoms with Crippen LogP contribution < -0.4 is 0 Å². The van der Waals surface area contributed by atoms with E-state index < -0.39 is 30.2 Å². The summed E-state index contributed by atoms with van der Waals surface area (Å²) in [7, 11) is 0. The Hall–Kier alpha value is -2.12. The van der Waals surface area contributed by atoms with Crippen molar-refractivity contribution in [2.75, 3.05) is 26.2 Å². The molecule has 3 heterocycles. The predicted molar refractivity (Wildman–Crippen MR) is 83.9 cm³/mol. The average molecular weight is 350 g/mol. The fourth-order valence-corrected chi connectivity index (χ4v) is 4.01. The Kier molecular flexibility index (Phi) is 3.73. The van der Waals surface area contributed by atoms with Gasteiger partial charge in [0.05, 0.1) is 18.2 Å². The minimum atomic E-state index is -3.08. The summed E-state index contributed by atoms with van der Waals surface area (Å²) in [5.41, 5.74) is -1.15. The molecular formula is C17H20F2N4O2. The van der Waals surface area contributed by atoms with Crippen molar-refractivity contribution in [1.82, 2.24) is 19.8 Å². The first-order valence-corrected chi connectivity index (χ1v) is 8.61.